The zero-order chi connectivity index (χ0) is 12.7. The van der Waals surface area contributed by atoms with Crippen molar-refractivity contribution >= 4 is 15.9 Å². The van der Waals surface area contributed by atoms with Crippen molar-refractivity contribution < 1.29 is 0 Å². The van der Waals surface area contributed by atoms with Crippen LogP contribution in [0.15, 0.2) is 28.7 Å². The zero-order valence-corrected chi connectivity index (χ0v) is 12.8. The molecule has 94 valence electrons. The third-order valence-electron chi connectivity index (χ3n) is 4.87. The first-order valence-corrected chi connectivity index (χ1v) is 7.20. The van der Waals surface area contributed by atoms with Crippen molar-refractivity contribution in [3.8, 4) is 0 Å². The summed E-state index contributed by atoms with van der Waals surface area (Å²) in [5, 5.41) is 3.49. The summed E-state index contributed by atoms with van der Waals surface area (Å²) >= 11 is 3.51. The van der Waals surface area contributed by atoms with Gasteiger partial charge in [0.15, 0.2) is 0 Å². The van der Waals surface area contributed by atoms with E-state index < -0.39 is 0 Å². The fourth-order valence-corrected chi connectivity index (χ4v) is 3.48. The molecule has 0 spiro atoms. The minimum absolute atomic E-state index is 0.315. The molecule has 1 fully saturated rings. The first kappa shape index (κ1) is 13.1. The van der Waals surface area contributed by atoms with Crippen LogP contribution in [0.25, 0.3) is 0 Å². The van der Waals surface area contributed by atoms with Crippen molar-refractivity contribution in [1.29, 1.82) is 0 Å². The minimum Gasteiger partial charge on any atom is -0.317 e. The van der Waals surface area contributed by atoms with Crippen LogP contribution in [0.2, 0.25) is 0 Å². The molecule has 0 aromatic heterocycles. The number of halogens is 1. The van der Waals surface area contributed by atoms with Gasteiger partial charge in [-0.1, -0.05) is 55.8 Å². The topological polar surface area (TPSA) is 12.0 Å². The lowest BCUT2D eigenvalue weighted by Crippen LogP contribution is -2.19. The lowest BCUT2D eigenvalue weighted by Gasteiger charge is -2.15. The summed E-state index contributed by atoms with van der Waals surface area (Å²) in [4.78, 5) is 0. The van der Waals surface area contributed by atoms with Gasteiger partial charge in [0.25, 0.3) is 0 Å². The summed E-state index contributed by atoms with van der Waals surface area (Å²) in [6.07, 6.45) is 0. The summed E-state index contributed by atoms with van der Waals surface area (Å²) in [7, 11) is 0. The smallest absolute Gasteiger partial charge is 0.0175 e. The molecule has 1 aromatic rings. The Morgan fingerprint density at radius 3 is 2.29 bits per heavy atom. The summed E-state index contributed by atoms with van der Waals surface area (Å²) in [5.41, 5.74) is 2.17. The Balaban J connectivity index is 2.22. The summed E-state index contributed by atoms with van der Waals surface area (Å²) in [6.45, 7) is 11.5. The fourth-order valence-electron chi connectivity index (χ4n) is 3.22. The third kappa shape index (κ3) is 1.96. The highest BCUT2D eigenvalue weighted by atomic mass is 79.9. The molecule has 1 N–H and O–H groups in total. The van der Waals surface area contributed by atoms with E-state index in [-0.39, 0.29) is 0 Å². The van der Waals surface area contributed by atoms with Crippen LogP contribution in [0.4, 0.5) is 0 Å². The van der Waals surface area contributed by atoms with Crippen molar-refractivity contribution in [1.82, 2.24) is 5.32 Å². The van der Waals surface area contributed by atoms with E-state index in [1.165, 1.54) is 5.56 Å². The van der Waals surface area contributed by atoms with Gasteiger partial charge in [0.1, 0.15) is 0 Å². The van der Waals surface area contributed by atoms with Gasteiger partial charge in [-0.05, 0) is 42.1 Å². The van der Waals surface area contributed by atoms with Crippen LogP contribution in [-0.4, -0.2) is 13.1 Å². The van der Waals surface area contributed by atoms with Gasteiger partial charge in [-0.2, -0.15) is 0 Å². The maximum absolute atomic E-state index is 3.51. The average molecular weight is 296 g/mol. The van der Waals surface area contributed by atoms with Crippen molar-refractivity contribution in [3.05, 3.63) is 34.3 Å². The summed E-state index contributed by atoms with van der Waals surface area (Å²) in [5.74, 6) is 0.733. The van der Waals surface area contributed by atoms with E-state index >= 15 is 0 Å². The highest BCUT2D eigenvalue weighted by Crippen LogP contribution is 2.68. The molecule has 0 aliphatic heterocycles. The molecule has 0 radical (unpaired) electrons. The van der Waals surface area contributed by atoms with Crippen LogP contribution in [-0.2, 0) is 5.41 Å². The Hall–Kier alpha value is -0.340. The average Bonchev–Trinajstić information content (AvgIpc) is 2.72. The molecule has 1 saturated carbocycles. The van der Waals surface area contributed by atoms with Gasteiger partial charge in [0.2, 0.25) is 0 Å². The lowest BCUT2D eigenvalue weighted by molar-refractivity contribution is 0.509. The van der Waals surface area contributed by atoms with Crippen LogP contribution in [0.5, 0.6) is 0 Å². The second-order valence-electron chi connectivity index (χ2n) is 5.79. The van der Waals surface area contributed by atoms with E-state index in [4.69, 9.17) is 0 Å². The van der Waals surface area contributed by atoms with Crippen LogP contribution >= 0.6 is 15.9 Å². The van der Waals surface area contributed by atoms with E-state index in [1.807, 2.05) is 0 Å². The molecule has 0 saturated heterocycles. The Morgan fingerprint density at radius 1 is 1.18 bits per heavy atom. The first-order chi connectivity index (χ1) is 7.94. The van der Waals surface area contributed by atoms with E-state index in [1.54, 1.807) is 0 Å². The molecular formula is C15H22BrN. The SMILES string of the molecule is CCNCC1C(C)(C)C1(C)c1ccc(Br)cc1. The number of hydrogen-bond acceptors (Lipinski definition) is 1. The van der Waals surface area contributed by atoms with E-state index in [0.29, 0.717) is 10.8 Å². The quantitative estimate of drug-likeness (QED) is 0.886. The highest BCUT2D eigenvalue weighted by Gasteiger charge is 2.67. The molecule has 0 amide bonds. The predicted molar refractivity (Wildman–Crippen MR) is 77.3 cm³/mol. The van der Waals surface area contributed by atoms with Gasteiger partial charge in [0, 0.05) is 9.89 Å². The van der Waals surface area contributed by atoms with E-state index in [9.17, 15) is 0 Å². The molecule has 0 bridgehead atoms. The van der Waals surface area contributed by atoms with Gasteiger partial charge < -0.3 is 5.32 Å². The largest absolute Gasteiger partial charge is 0.317 e. The number of benzene rings is 1. The number of nitrogens with one attached hydrogen (secondary N) is 1. The third-order valence-corrected chi connectivity index (χ3v) is 5.39. The zero-order valence-electron chi connectivity index (χ0n) is 11.2. The van der Waals surface area contributed by atoms with E-state index in [2.05, 4.69) is 73.2 Å². The fraction of sp³-hybridized carbons (Fsp3) is 0.600. The molecule has 0 heterocycles. The monoisotopic (exact) mass is 295 g/mol. The molecule has 1 nitrogen and oxygen atoms in total. The Kier molecular flexibility index (Phi) is 3.39. The van der Waals surface area contributed by atoms with Gasteiger partial charge >= 0.3 is 0 Å². The molecule has 1 aliphatic rings. The molecule has 1 aliphatic carbocycles. The van der Waals surface area contributed by atoms with Crippen LogP contribution in [0, 0.1) is 11.3 Å². The minimum atomic E-state index is 0.315. The van der Waals surface area contributed by atoms with Crippen LogP contribution in [0.1, 0.15) is 33.3 Å². The lowest BCUT2D eigenvalue weighted by atomic mass is 9.90. The molecular weight excluding hydrogens is 274 g/mol. The van der Waals surface area contributed by atoms with Gasteiger partial charge in [-0.25, -0.2) is 0 Å². The predicted octanol–water partition coefficient (Wildman–Crippen LogP) is 3.97. The summed E-state index contributed by atoms with van der Waals surface area (Å²) < 4.78 is 1.16. The Labute approximate surface area is 113 Å². The Morgan fingerprint density at radius 2 is 1.76 bits per heavy atom. The molecule has 2 heteroatoms. The standard InChI is InChI=1S/C15H22BrN/c1-5-17-10-13-14(2,3)15(13,4)11-6-8-12(16)9-7-11/h6-9,13,17H,5,10H2,1-4H3. The van der Waals surface area contributed by atoms with Gasteiger partial charge in [-0.3, -0.25) is 0 Å². The first-order valence-electron chi connectivity index (χ1n) is 6.41. The van der Waals surface area contributed by atoms with Gasteiger partial charge in [-0.15, -0.1) is 0 Å². The van der Waals surface area contributed by atoms with Crippen molar-refractivity contribution in [2.24, 2.45) is 11.3 Å². The molecule has 2 unspecified atom stereocenters. The van der Waals surface area contributed by atoms with Crippen LogP contribution < -0.4 is 5.32 Å². The second kappa shape index (κ2) is 4.40. The molecule has 2 rings (SSSR count). The van der Waals surface area contributed by atoms with Crippen LogP contribution in [0.3, 0.4) is 0 Å². The second-order valence-corrected chi connectivity index (χ2v) is 6.71. The number of rotatable bonds is 4. The van der Waals surface area contributed by atoms with Crippen molar-refractivity contribution in [2.75, 3.05) is 13.1 Å². The van der Waals surface area contributed by atoms with Gasteiger partial charge in [0.05, 0.1) is 0 Å². The highest BCUT2D eigenvalue weighted by molar-refractivity contribution is 9.10. The normalized spacial score (nSPS) is 30.3. The van der Waals surface area contributed by atoms with E-state index in [0.717, 1.165) is 23.5 Å². The Bertz CT molecular complexity index is 396. The molecule has 1 aromatic carbocycles. The maximum Gasteiger partial charge on any atom is 0.0175 e. The van der Waals surface area contributed by atoms with Crippen molar-refractivity contribution in [2.45, 2.75) is 33.1 Å². The summed E-state index contributed by atoms with van der Waals surface area (Å²) in [6, 6.07) is 8.83. The van der Waals surface area contributed by atoms with Crippen molar-refractivity contribution in [3.63, 3.8) is 0 Å². The molecule has 17 heavy (non-hydrogen) atoms. The molecule has 2 atom stereocenters. The maximum atomic E-state index is 3.51. The number of hydrogen-bond donors (Lipinski definition) is 1.